The number of esters is 1. The second-order valence-electron chi connectivity index (χ2n) is 5.31. The summed E-state index contributed by atoms with van der Waals surface area (Å²) in [7, 11) is -0.880. The molecule has 0 fully saturated rings. The van der Waals surface area contributed by atoms with Crippen LogP contribution in [0.1, 0.15) is 15.4 Å². The topological polar surface area (TPSA) is 103 Å². The van der Waals surface area contributed by atoms with Gasteiger partial charge >= 0.3 is 5.97 Å². The number of carbonyl (C=O) groups is 1. The van der Waals surface area contributed by atoms with E-state index in [0.29, 0.717) is 5.69 Å². The van der Waals surface area contributed by atoms with Gasteiger partial charge in [-0.05, 0) is 29.6 Å². The van der Waals surface area contributed by atoms with Crippen LogP contribution in [-0.2, 0) is 28.4 Å². The second kappa shape index (κ2) is 7.36. The highest BCUT2D eigenvalue weighted by Crippen LogP contribution is 2.23. The van der Waals surface area contributed by atoms with E-state index in [0.717, 1.165) is 22.6 Å². The zero-order valence-electron chi connectivity index (χ0n) is 14.0. The minimum absolute atomic E-state index is 0.00227. The second-order valence-corrected chi connectivity index (χ2v) is 7.96. The lowest BCUT2D eigenvalue weighted by Crippen LogP contribution is -2.24. The summed E-state index contributed by atoms with van der Waals surface area (Å²) in [6, 6.07) is 6.87. The van der Waals surface area contributed by atoms with E-state index in [9.17, 15) is 13.2 Å². The van der Waals surface area contributed by atoms with Crippen LogP contribution in [0.4, 0.5) is 0 Å². The van der Waals surface area contributed by atoms with Crippen LogP contribution >= 0.6 is 11.3 Å². The minimum Gasteiger partial charge on any atom is -0.465 e. The lowest BCUT2D eigenvalue weighted by atomic mass is 10.2. The molecule has 8 nitrogen and oxygen atoms in total. The highest BCUT2D eigenvalue weighted by atomic mass is 32.2. The third-order valence-electron chi connectivity index (χ3n) is 3.64. The molecular weight excluding hydrogens is 376 g/mol. The lowest BCUT2D eigenvalue weighted by Gasteiger charge is -2.05. The van der Waals surface area contributed by atoms with Crippen molar-refractivity contribution in [3.63, 3.8) is 0 Å². The van der Waals surface area contributed by atoms with Crippen LogP contribution in [0.3, 0.4) is 0 Å². The molecule has 0 radical (unpaired) electrons. The van der Waals surface area contributed by atoms with Crippen LogP contribution in [0.2, 0.25) is 0 Å². The molecule has 0 spiro atoms. The molecule has 26 heavy (non-hydrogen) atoms. The summed E-state index contributed by atoms with van der Waals surface area (Å²) in [6.45, 7) is -0.00227. The Morgan fingerprint density at radius 3 is 2.73 bits per heavy atom. The first-order valence-electron chi connectivity index (χ1n) is 7.51. The Labute approximate surface area is 154 Å². The number of rotatable bonds is 6. The zero-order valence-corrected chi connectivity index (χ0v) is 15.7. The molecule has 0 aliphatic heterocycles. The molecular formula is C16H16N4O4S2. The maximum Gasteiger partial charge on any atom is 0.349 e. The molecule has 10 heteroatoms. The van der Waals surface area contributed by atoms with Crippen LogP contribution in [0, 0.1) is 0 Å². The largest absolute Gasteiger partial charge is 0.465 e. The first kappa shape index (κ1) is 18.2. The zero-order chi connectivity index (χ0) is 18.7. The van der Waals surface area contributed by atoms with Crippen LogP contribution in [0.5, 0.6) is 0 Å². The van der Waals surface area contributed by atoms with Crippen LogP contribution < -0.4 is 4.72 Å². The van der Waals surface area contributed by atoms with Gasteiger partial charge in [-0.25, -0.2) is 17.9 Å². The van der Waals surface area contributed by atoms with Gasteiger partial charge in [0.2, 0.25) is 10.0 Å². The quantitative estimate of drug-likeness (QED) is 0.642. The lowest BCUT2D eigenvalue weighted by molar-refractivity contribution is 0.0602. The number of aromatic nitrogens is 3. The third-order valence-corrected chi connectivity index (χ3v) is 6.11. The molecule has 0 atom stereocenters. The summed E-state index contributed by atoms with van der Waals surface area (Å²) in [4.78, 5) is 15.6. The van der Waals surface area contributed by atoms with Gasteiger partial charge in [-0.1, -0.05) is 0 Å². The molecule has 3 aromatic heterocycles. The predicted octanol–water partition coefficient (Wildman–Crippen LogP) is 1.81. The van der Waals surface area contributed by atoms with E-state index in [2.05, 4.69) is 19.5 Å². The summed E-state index contributed by atoms with van der Waals surface area (Å²) in [6.07, 6.45) is 3.35. The Hall–Kier alpha value is -2.56. The fourth-order valence-corrected chi connectivity index (χ4v) is 4.73. The van der Waals surface area contributed by atoms with Crippen LogP contribution in [0.25, 0.3) is 11.3 Å². The molecule has 136 valence electrons. The monoisotopic (exact) mass is 392 g/mol. The molecule has 0 amide bonds. The average molecular weight is 392 g/mol. The van der Waals surface area contributed by atoms with Gasteiger partial charge < -0.3 is 4.74 Å². The minimum atomic E-state index is -3.87. The van der Waals surface area contributed by atoms with Gasteiger partial charge in [0.25, 0.3) is 0 Å². The number of sulfonamides is 1. The number of methoxy groups -OCH3 is 1. The Bertz CT molecular complexity index is 1030. The predicted molar refractivity (Wildman–Crippen MR) is 96.1 cm³/mol. The maximum absolute atomic E-state index is 12.5. The van der Waals surface area contributed by atoms with Gasteiger partial charge in [0, 0.05) is 25.0 Å². The summed E-state index contributed by atoms with van der Waals surface area (Å²) in [5.41, 5.74) is 2.32. The number of carbonyl (C=O) groups excluding carboxylic acids is 1. The number of aryl methyl sites for hydroxylation is 1. The normalized spacial score (nSPS) is 11.5. The van der Waals surface area contributed by atoms with Gasteiger partial charge in [0.1, 0.15) is 9.77 Å². The van der Waals surface area contributed by atoms with E-state index >= 15 is 0 Å². The molecule has 0 aliphatic carbocycles. The standard InChI is InChI=1S/C16H16N4O4S2/c1-20-13(11-3-6-17-7-4-11)9-12(19-20)10-18-26(22,23)14-5-8-25-15(14)16(21)24-2/h3-9,18H,10H2,1-2H3. The highest BCUT2D eigenvalue weighted by Gasteiger charge is 2.24. The maximum atomic E-state index is 12.5. The molecule has 3 rings (SSSR count). The number of nitrogens with zero attached hydrogens (tertiary/aromatic N) is 3. The van der Waals surface area contributed by atoms with Crippen molar-refractivity contribution in [1.29, 1.82) is 0 Å². The molecule has 0 aromatic carbocycles. The summed E-state index contributed by atoms with van der Waals surface area (Å²) < 4.78 is 33.8. The Morgan fingerprint density at radius 1 is 1.31 bits per heavy atom. The first-order chi connectivity index (χ1) is 12.4. The van der Waals surface area contributed by atoms with E-state index < -0.39 is 16.0 Å². The summed E-state index contributed by atoms with van der Waals surface area (Å²) in [5.74, 6) is -0.682. The van der Waals surface area contributed by atoms with Crippen molar-refractivity contribution >= 4 is 27.3 Å². The van der Waals surface area contributed by atoms with Crippen LogP contribution in [0.15, 0.2) is 46.9 Å². The molecule has 0 saturated carbocycles. The van der Waals surface area contributed by atoms with E-state index in [1.54, 1.807) is 30.2 Å². The smallest absolute Gasteiger partial charge is 0.349 e. The molecule has 0 aliphatic rings. The molecule has 1 N–H and O–H groups in total. The fraction of sp³-hybridized carbons (Fsp3) is 0.188. The highest BCUT2D eigenvalue weighted by molar-refractivity contribution is 7.89. The Morgan fingerprint density at radius 2 is 2.04 bits per heavy atom. The van der Waals surface area contributed by atoms with Crippen molar-refractivity contribution < 1.29 is 17.9 Å². The number of thiophene rings is 1. The molecule has 3 aromatic rings. The molecule has 0 unspecified atom stereocenters. The van der Waals surface area contributed by atoms with Crippen molar-refractivity contribution in [2.45, 2.75) is 11.4 Å². The van der Waals surface area contributed by atoms with Gasteiger partial charge in [-0.3, -0.25) is 9.67 Å². The van der Waals surface area contributed by atoms with Gasteiger partial charge in [0.15, 0.2) is 0 Å². The van der Waals surface area contributed by atoms with Gasteiger partial charge in [0.05, 0.1) is 25.0 Å². The van der Waals surface area contributed by atoms with Crippen molar-refractivity contribution in [2.75, 3.05) is 7.11 Å². The summed E-state index contributed by atoms with van der Waals surface area (Å²) in [5, 5.41) is 5.86. The van der Waals surface area contributed by atoms with E-state index in [4.69, 9.17) is 0 Å². The number of ether oxygens (including phenoxy) is 1. The summed E-state index contributed by atoms with van der Waals surface area (Å²) >= 11 is 1.02. The van der Waals surface area contributed by atoms with Crippen molar-refractivity contribution in [3.05, 3.63) is 52.6 Å². The van der Waals surface area contributed by atoms with Crippen LogP contribution in [-0.4, -0.2) is 36.3 Å². The first-order valence-corrected chi connectivity index (χ1v) is 9.87. The SMILES string of the molecule is COC(=O)c1sccc1S(=O)(=O)NCc1cc(-c2ccncc2)n(C)n1. The van der Waals surface area contributed by atoms with Crippen molar-refractivity contribution in [2.24, 2.45) is 7.05 Å². The molecule has 0 saturated heterocycles. The fourth-order valence-electron chi connectivity index (χ4n) is 2.40. The molecule has 0 bridgehead atoms. The Balaban J connectivity index is 1.79. The van der Waals surface area contributed by atoms with Gasteiger partial charge in [-0.15, -0.1) is 11.3 Å². The third kappa shape index (κ3) is 3.66. The van der Waals surface area contributed by atoms with E-state index in [-0.39, 0.29) is 16.3 Å². The number of nitrogens with one attached hydrogen (secondary N) is 1. The average Bonchev–Trinajstić information content (AvgIpc) is 3.27. The number of hydrogen-bond acceptors (Lipinski definition) is 7. The van der Waals surface area contributed by atoms with Gasteiger partial charge in [-0.2, -0.15) is 5.10 Å². The van der Waals surface area contributed by atoms with E-state index in [1.165, 1.54) is 18.6 Å². The Kier molecular flexibility index (Phi) is 5.16. The number of hydrogen-bond donors (Lipinski definition) is 1. The van der Waals surface area contributed by atoms with Crippen molar-refractivity contribution in [3.8, 4) is 11.3 Å². The van der Waals surface area contributed by atoms with E-state index in [1.807, 2.05) is 12.1 Å². The molecule has 3 heterocycles. The van der Waals surface area contributed by atoms with Crippen molar-refractivity contribution in [1.82, 2.24) is 19.5 Å². The number of pyridine rings is 1.